The van der Waals surface area contributed by atoms with Gasteiger partial charge in [0.05, 0.1) is 21.6 Å². The number of halogens is 3. The smallest absolute Gasteiger partial charge is 0.255 e. The van der Waals surface area contributed by atoms with E-state index in [2.05, 4.69) is 5.32 Å². The number of carbonyl (C=O) groups is 1. The predicted octanol–water partition coefficient (Wildman–Crippen LogP) is 4.90. The van der Waals surface area contributed by atoms with Crippen LogP contribution in [-0.4, -0.2) is 31.9 Å². The number of carbonyl (C=O) groups excluding carboxylic acids is 1. The third kappa shape index (κ3) is 4.98. The van der Waals surface area contributed by atoms with Crippen LogP contribution in [0.2, 0.25) is 5.02 Å². The summed E-state index contributed by atoms with van der Waals surface area (Å²) in [6, 6.07) is 1.79. The molecule has 8 heteroatoms. The van der Waals surface area contributed by atoms with Crippen molar-refractivity contribution >= 4 is 27.3 Å². The Morgan fingerprint density at radius 3 is 2.23 bits per heavy atom. The predicted molar refractivity (Wildman–Crippen MR) is 112 cm³/mol. The molecule has 0 unspecified atom stereocenters. The quantitative estimate of drug-likeness (QED) is 0.562. The van der Waals surface area contributed by atoms with E-state index in [1.807, 2.05) is 0 Å². The van der Waals surface area contributed by atoms with Crippen LogP contribution in [-0.2, 0) is 9.84 Å². The van der Waals surface area contributed by atoms with Gasteiger partial charge in [-0.25, -0.2) is 17.2 Å². The van der Waals surface area contributed by atoms with Crippen molar-refractivity contribution in [3.63, 3.8) is 0 Å². The molecule has 1 amide bonds. The van der Waals surface area contributed by atoms with Gasteiger partial charge in [-0.1, -0.05) is 24.4 Å². The van der Waals surface area contributed by atoms with Crippen molar-refractivity contribution in [2.75, 3.05) is 12.3 Å². The van der Waals surface area contributed by atoms with E-state index in [1.54, 1.807) is 0 Å². The molecular weight excluding hydrogens is 432 g/mol. The second kappa shape index (κ2) is 8.38. The first kappa shape index (κ1) is 22.0. The molecule has 3 aliphatic carbocycles. The Kier molecular flexibility index (Phi) is 6.14. The fourth-order valence-electron chi connectivity index (χ4n) is 4.79. The molecule has 3 fully saturated rings. The molecule has 30 heavy (non-hydrogen) atoms. The molecule has 1 aromatic rings. The van der Waals surface area contributed by atoms with Crippen molar-refractivity contribution in [3.8, 4) is 0 Å². The number of amides is 1. The maximum Gasteiger partial charge on any atom is 0.255 e. The maximum atomic E-state index is 14.1. The second-order valence-corrected chi connectivity index (χ2v) is 12.2. The number of hydrogen-bond acceptors (Lipinski definition) is 3. The van der Waals surface area contributed by atoms with E-state index in [0.717, 1.165) is 57.1 Å². The van der Waals surface area contributed by atoms with E-state index < -0.39 is 38.0 Å². The zero-order valence-electron chi connectivity index (χ0n) is 16.9. The van der Waals surface area contributed by atoms with E-state index in [0.29, 0.717) is 37.0 Å². The van der Waals surface area contributed by atoms with Crippen molar-refractivity contribution in [1.82, 2.24) is 5.32 Å². The van der Waals surface area contributed by atoms with Gasteiger partial charge in [0.2, 0.25) is 0 Å². The third-order valence-electron chi connectivity index (χ3n) is 6.98. The molecule has 0 aromatic heterocycles. The average molecular weight is 460 g/mol. The number of nitrogens with one attached hydrogen (secondary N) is 1. The lowest BCUT2D eigenvalue weighted by atomic mass is 9.70. The summed E-state index contributed by atoms with van der Waals surface area (Å²) >= 11 is 5.82. The first-order valence-corrected chi connectivity index (χ1v) is 12.9. The standard InChI is InChI=1S/C22H28ClF2NO3S/c23-20-18(25)6-5-17(24)19(20)21(27)26-13-22(11-14-1-2-14)9-7-16(8-10-22)30(28,29)12-15-3-4-15/h5-6,14-16H,1-4,7-13H2,(H,26,27). The van der Waals surface area contributed by atoms with Crippen LogP contribution in [0.15, 0.2) is 12.1 Å². The molecule has 1 aromatic carbocycles. The number of sulfone groups is 1. The van der Waals surface area contributed by atoms with Crippen LogP contribution < -0.4 is 5.32 Å². The normalized spacial score (nSPS) is 27.1. The van der Waals surface area contributed by atoms with Crippen LogP contribution in [0.25, 0.3) is 0 Å². The van der Waals surface area contributed by atoms with Crippen LogP contribution in [0, 0.1) is 28.9 Å². The highest BCUT2D eigenvalue weighted by molar-refractivity contribution is 7.92. The van der Waals surface area contributed by atoms with Crippen LogP contribution in [0.5, 0.6) is 0 Å². The Bertz CT molecular complexity index is 921. The zero-order chi connectivity index (χ0) is 21.5. The first-order valence-electron chi connectivity index (χ1n) is 10.8. The Morgan fingerprint density at radius 2 is 1.63 bits per heavy atom. The number of hydrogen-bond donors (Lipinski definition) is 1. The van der Waals surface area contributed by atoms with Crippen molar-refractivity contribution in [2.24, 2.45) is 17.3 Å². The Labute approximate surface area is 181 Å². The molecule has 166 valence electrons. The zero-order valence-corrected chi connectivity index (χ0v) is 18.5. The summed E-state index contributed by atoms with van der Waals surface area (Å²) in [5, 5.41) is 1.96. The summed E-state index contributed by atoms with van der Waals surface area (Å²) in [4.78, 5) is 12.6. The first-order chi connectivity index (χ1) is 14.2. The molecule has 0 bridgehead atoms. The van der Waals surface area contributed by atoms with Gasteiger partial charge < -0.3 is 5.32 Å². The van der Waals surface area contributed by atoms with E-state index >= 15 is 0 Å². The molecule has 0 heterocycles. The molecule has 3 saturated carbocycles. The van der Waals surface area contributed by atoms with Gasteiger partial charge >= 0.3 is 0 Å². The molecule has 3 aliphatic rings. The summed E-state index contributed by atoms with van der Waals surface area (Å²) < 4.78 is 53.1. The van der Waals surface area contributed by atoms with E-state index in [4.69, 9.17) is 11.6 Å². The van der Waals surface area contributed by atoms with Gasteiger partial charge in [-0.05, 0) is 74.3 Å². The highest BCUT2D eigenvalue weighted by Crippen LogP contribution is 2.49. The average Bonchev–Trinajstić information content (AvgIpc) is 3.62. The molecule has 4 nitrogen and oxygen atoms in total. The van der Waals surface area contributed by atoms with E-state index in [9.17, 15) is 22.0 Å². The van der Waals surface area contributed by atoms with Crippen LogP contribution in [0.1, 0.15) is 68.1 Å². The molecule has 4 rings (SSSR count). The molecule has 1 N–H and O–H groups in total. The van der Waals surface area contributed by atoms with Crippen molar-refractivity contribution < 1.29 is 22.0 Å². The van der Waals surface area contributed by atoms with Gasteiger partial charge in [-0.2, -0.15) is 0 Å². The van der Waals surface area contributed by atoms with E-state index in [1.165, 1.54) is 0 Å². The van der Waals surface area contributed by atoms with Crippen LogP contribution in [0.4, 0.5) is 8.78 Å². The largest absolute Gasteiger partial charge is 0.351 e. The number of benzene rings is 1. The van der Waals surface area contributed by atoms with Crippen molar-refractivity contribution in [3.05, 3.63) is 34.4 Å². The fourth-order valence-corrected chi connectivity index (χ4v) is 7.25. The van der Waals surface area contributed by atoms with Gasteiger partial charge in [-0.3, -0.25) is 4.79 Å². The van der Waals surface area contributed by atoms with Crippen LogP contribution in [0.3, 0.4) is 0 Å². The summed E-state index contributed by atoms with van der Waals surface area (Å²) in [5.41, 5.74) is -0.669. The SMILES string of the molecule is O=C(NCC1(CC2CC2)CCC(S(=O)(=O)CC2CC2)CC1)c1c(F)ccc(F)c1Cl. The van der Waals surface area contributed by atoms with Crippen molar-refractivity contribution in [2.45, 2.75) is 63.0 Å². The van der Waals surface area contributed by atoms with Gasteiger partial charge in [0.15, 0.2) is 9.84 Å². The molecular formula is C22H28ClF2NO3S. The molecule has 0 saturated heterocycles. The minimum Gasteiger partial charge on any atom is -0.351 e. The van der Waals surface area contributed by atoms with Gasteiger partial charge in [0.1, 0.15) is 11.6 Å². The molecule has 0 atom stereocenters. The van der Waals surface area contributed by atoms with Crippen LogP contribution >= 0.6 is 11.6 Å². The third-order valence-corrected chi connectivity index (χ3v) is 9.77. The highest BCUT2D eigenvalue weighted by Gasteiger charge is 2.44. The summed E-state index contributed by atoms with van der Waals surface area (Å²) in [7, 11) is -3.07. The van der Waals surface area contributed by atoms with Crippen molar-refractivity contribution in [1.29, 1.82) is 0 Å². The minimum absolute atomic E-state index is 0.196. The lowest BCUT2D eigenvalue weighted by molar-refractivity contribution is 0.0891. The monoisotopic (exact) mass is 459 g/mol. The minimum atomic E-state index is -3.07. The topological polar surface area (TPSA) is 63.2 Å². The van der Waals surface area contributed by atoms with Gasteiger partial charge in [0, 0.05) is 6.54 Å². The summed E-state index contributed by atoms with van der Waals surface area (Å²) in [6.45, 7) is 0.323. The Hall–Kier alpha value is -1.21. The highest BCUT2D eigenvalue weighted by atomic mass is 35.5. The molecule has 0 radical (unpaired) electrons. The molecule has 0 aliphatic heterocycles. The maximum absolute atomic E-state index is 14.1. The number of rotatable bonds is 8. The Balaban J connectivity index is 1.42. The second-order valence-electron chi connectivity index (χ2n) is 9.52. The molecule has 0 spiro atoms. The Morgan fingerprint density at radius 1 is 1.03 bits per heavy atom. The lowest BCUT2D eigenvalue weighted by Crippen LogP contribution is -2.43. The summed E-state index contributed by atoms with van der Waals surface area (Å²) in [5.74, 6) is -1.16. The fraction of sp³-hybridized carbons (Fsp3) is 0.682. The van der Waals surface area contributed by atoms with Gasteiger partial charge in [-0.15, -0.1) is 0 Å². The van der Waals surface area contributed by atoms with Gasteiger partial charge in [0.25, 0.3) is 5.91 Å². The lowest BCUT2D eigenvalue weighted by Gasteiger charge is -2.40. The summed E-state index contributed by atoms with van der Waals surface area (Å²) in [6.07, 6.45) is 7.93. The van der Waals surface area contributed by atoms with E-state index in [-0.39, 0.29) is 10.7 Å².